The van der Waals surface area contributed by atoms with Gasteiger partial charge in [0, 0.05) is 32.5 Å². The van der Waals surface area contributed by atoms with E-state index in [1.54, 1.807) is 23.2 Å². The van der Waals surface area contributed by atoms with Crippen molar-refractivity contribution in [3.05, 3.63) is 23.9 Å². The molecule has 0 radical (unpaired) electrons. The normalized spacial score (nSPS) is 10.4. The molecule has 7 nitrogen and oxygen atoms in total. The molecule has 0 aliphatic heterocycles. The van der Waals surface area contributed by atoms with Crippen molar-refractivity contribution in [2.45, 2.75) is 13.8 Å². The van der Waals surface area contributed by atoms with Crippen LogP contribution in [0.15, 0.2) is 18.3 Å². The van der Waals surface area contributed by atoms with Crippen LogP contribution in [0.4, 0.5) is 5.82 Å². The second kappa shape index (κ2) is 10.1. The summed E-state index contributed by atoms with van der Waals surface area (Å²) >= 11 is 0. The van der Waals surface area contributed by atoms with Crippen LogP contribution in [-0.2, 0) is 9.47 Å². The molecule has 0 aromatic carbocycles. The lowest BCUT2D eigenvalue weighted by Crippen LogP contribution is -2.37. The first-order valence-electron chi connectivity index (χ1n) is 7.10. The quantitative estimate of drug-likeness (QED) is 0.378. The number of hydrogen-bond donors (Lipinski definition) is 2. The van der Waals surface area contributed by atoms with E-state index >= 15 is 0 Å². The Hall–Kier alpha value is -1.70. The fraction of sp³-hybridized carbons (Fsp3) is 0.571. The van der Waals surface area contributed by atoms with Crippen LogP contribution in [0.1, 0.15) is 24.2 Å². The SMILES string of the molecule is CCOCCN(CCOCC)C(=O)c1cccnc1NN. The van der Waals surface area contributed by atoms with Crippen LogP contribution in [0, 0.1) is 0 Å². The maximum Gasteiger partial charge on any atom is 0.257 e. The van der Waals surface area contributed by atoms with Gasteiger partial charge in [-0.15, -0.1) is 0 Å². The molecule has 21 heavy (non-hydrogen) atoms. The molecule has 1 rings (SSSR count). The van der Waals surface area contributed by atoms with E-state index in [1.807, 2.05) is 13.8 Å². The number of rotatable bonds is 10. The number of anilines is 1. The van der Waals surface area contributed by atoms with Crippen LogP contribution < -0.4 is 11.3 Å². The molecule has 1 amide bonds. The predicted molar refractivity (Wildman–Crippen MR) is 80.9 cm³/mol. The Morgan fingerprint density at radius 3 is 2.43 bits per heavy atom. The van der Waals surface area contributed by atoms with E-state index in [4.69, 9.17) is 15.3 Å². The molecular weight excluding hydrogens is 272 g/mol. The number of hydrogen-bond acceptors (Lipinski definition) is 6. The van der Waals surface area contributed by atoms with Gasteiger partial charge in [0.15, 0.2) is 5.82 Å². The zero-order valence-corrected chi connectivity index (χ0v) is 12.7. The van der Waals surface area contributed by atoms with Crippen molar-refractivity contribution < 1.29 is 14.3 Å². The molecule has 3 N–H and O–H groups in total. The topological polar surface area (TPSA) is 89.7 Å². The highest BCUT2D eigenvalue weighted by atomic mass is 16.5. The van der Waals surface area contributed by atoms with E-state index in [2.05, 4.69) is 10.4 Å². The summed E-state index contributed by atoms with van der Waals surface area (Å²) in [5, 5.41) is 0. The van der Waals surface area contributed by atoms with Crippen LogP contribution in [0.5, 0.6) is 0 Å². The van der Waals surface area contributed by atoms with Crippen molar-refractivity contribution in [1.29, 1.82) is 0 Å². The monoisotopic (exact) mass is 296 g/mol. The molecule has 118 valence electrons. The molecule has 0 fully saturated rings. The molecule has 1 heterocycles. The van der Waals surface area contributed by atoms with E-state index < -0.39 is 0 Å². The Balaban J connectivity index is 2.76. The van der Waals surface area contributed by atoms with Gasteiger partial charge >= 0.3 is 0 Å². The lowest BCUT2D eigenvalue weighted by Gasteiger charge is -2.23. The zero-order chi connectivity index (χ0) is 15.5. The zero-order valence-electron chi connectivity index (χ0n) is 12.7. The first kappa shape index (κ1) is 17.4. The minimum absolute atomic E-state index is 0.143. The summed E-state index contributed by atoms with van der Waals surface area (Å²) in [6, 6.07) is 3.40. The first-order chi connectivity index (χ1) is 10.2. The number of ether oxygens (including phenoxy) is 2. The fourth-order valence-electron chi connectivity index (χ4n) is 1.82. The smallest absolute Gasteiger partial charge is 0.257 e. The third-order valence-electron chi connectivity index (χ3n) is 2.88. The third kappa shape index (κ3) is 5.66. The van der Waals surface area contributed by atoms with Crippen LogP contribution in [0.3, 0.4) is 0 Å². The van der Waals surface area contributed by atoms with Crippen LogP contribution >= 0.6 is 0 Å². The second-order valence-corrected chi connectivity index (χ2v) is 4.23. The van der Waals surface area contributed by atoms with E-state index in [1.165, 1.54) is 0 Å². The number of aromatic nitrogens is 1. The average Bonchev–Trinajstić information content (AvgIpc) is 2.53. The van der Waals surface area contributed by atoms with Gasteiger partial charge in [-0.3, -0.25) is 4.79 Å². The number of nitrogens with two attached hydrogens (primary N) is 1. The van der Waals surface area contributed by atoms with Gasteiger partial charge in [0.25, 0.3) is 5.91 Å². The Morgan fingerprint density at radius 1 is 1.29 bits per heavy atom. The number of carbonyl (C=O) groups excluding carboxylic acids is 1. The summed E-state index contributed by atoms with van der Waals surface area (Å²) in [4.78, 5) is 18.3. The molecule has 0 spiro atoms. The summed E-state index contributed by atoms with van der Waals surface area (Å²) in [5.74, 6) is 5.62. The summed E-state index contributed by atoms with van der Waals surface area (Å²) in [6.45, 7) is 7.05. The van der Waals surface area contributed by atoms with Crippen LogP contribution in [-0.4, -0.2) is 55.3 Å². The van der Waals surface area contributed by atoms with Gasteiger partial charge in [-0.25, -0.2) is 10.8 Å². The van der Waals surface area contributed by atoms with Gasteiger partial charge in [-0.1, -0.05) is 0 Å². The number of pyridine rings is 1. The van der Waals surface area contributed by atoms with Gasteiger partial charge in [0.1, 0.15) is 0 Å². The number of nitrogens with one attached hydrogen (secondary N) is 1. The van der Waals surface area contributed by atoms with E-state index in [0.29, 0.717) is 50.9 Å². The van der Waals surface area contributed by atoms with Gasteiger partial charge in [0.2, 0.25) is 0 Å². The van der Waals surface area contributed by atoms with Gasteiger partial charge in [0.05, 0.1) is 18.8 Å². The molecule has 0 atom stereocenters. The molecule has 0 aliphatic rings. The molecule has 0 bridgehead atoms. The number of hydrazine groups is 1. The maximum absolute atomic E-state index is 12.6. The highest BCUT2D eigenvalue weighted by Crippen LogP contribution is 2.13. The number of amides is 1. The molecule has 0 unspecified atom stereocenters. The van der Waals surface area contributed by atoms with Crippen molar-refractivity contribution in [2.75, 3.05) is 44.9 Å². The summed E-state index contributed by atoms with van der Waals surface area (Å²) in [5.41, 5.74) is 2.88. The number of nitrogen functional groups attached to an aromatic ring is 1. The van der Waals surface area contributed by atoms with Crippen molar-refractivity contribution in [2.24, 2.45) is 5.84 Å². The molecule has 0 aliphatic carbocycles. The van der Waals surface area contributed by atoms with Gasteiger partial charge in [-0.2, -0.15) is 0 Å². The Bertz CT molecular complexity index is 418. The van der Waals surface area contributed by atoms with Crippen molar-refractivity contribution in [3.8, 4) is 0 Å². The Labute approximate surface area is 125 Å². The standard InChI is InChI=1S/C14H24N4O3/c1-3-20-10-8-18(9-11-21-4-2)14(19)12-6-5-7-16-13(12)17-15/h5-7H,3-4,8-11,15H2,1-2H3,(H,16,17). The molecule has 0 saturated carbocycles. The van der Waals surface area contributed by atoms with Crippen molar-refractivity contribution >= 4 is 11.7 Å². The van der Waals surface area contributed by atoms with Crippen molar-refractivity contribution in [3.63, 3.8) is 0 Å². The average molecular weight is 296 g/mol. The van der Waals surface area contributed by atoms with Gasteiger partial charge in [-0.05, 0) is 26.0 Å². The van der Waals surface area contributed by atoms with Crippen LogP contribution in [0.2, 0.25) is 0 Å². The fourth-order valence-corrected chi connectivity index (χ4v) is 1.82. The summed E-state index contributed by atoms with van der Waals surface area (Å²) in [6.07, 6.45) is 1.58. The summed E-state index contributed by atoms with van der Waals surface area (Å²) < 4.78 is 10.6. The van der Waals surface area contributed by atoms with E-state index in [-0.39, 0.29) is 5.91 Å². The van der Waals surface area contributed by atoms with Crippen LogP contribution in [0.25, 0.3) is 0 Å². The molecule has 1 aromatic heterocycles. The highest BCUT2D eigenvalue weighted by molar-refractivity contribution is 5.98. The minimum Gasteiger partial charge on any atom is -0.380 e. The molecule has 7 heteroatoms. The molecule has 0 saturated heterocycles. The maximum atomic E-state index is 12.6. The third-order valence-corrected chi connectivity index (χ3v) is 2.88. The Morgan fingerprint density at radius 2 is 1.90 bits per heavy atom. The van der Waals surface area contributed by atoms with E-state index in [0.717, 1.165) is 0 Å². The first-order valence-corrected chi connectivity index (χ1v) is 7.10. The van der Waals surface area contributed by atoms with E-state index in [9.17, 15) is 4.79 Å². The molecule has 1 aromatic rings. The second-order valence-electron chi connectivity index (χ2n) is 4.23. The lowest BCUT2D eigenvalue weighted by molar-refractivity contribution is 0.0550. The van der Waals surface area contributed by atoms with Crippen molar-refractivity contribution in [1.82, 2.24) is 9.88 Å². The Kier molecular flexibility index (Phi) is 8.34. The molecular formula is C14H24N4O3. The minimum atomic E-state index is -0.143. The number of nitrogens with zero attached hydrogens (tertiary/aromatic N) is 2. The number of carbonyl (C=O) groups is 1. The highest BCUT2D eigenvalue weighted by Gasteiger charge is 2.19. The largest absolute Gasteiger partial charge is 0.380 e. The lowest BCUT2D eigenvalue weighted by atomic mass is 10.2. The summed E-state index contributed by atoms with van der Waals surface area (Å²) in [7, 11) is 0. The van der Waals surface area contributed by atoms with Gasteiger partial charge < -0.3 is 19.8 Å². The predicted octanol–water partition coefficient (Wildman–Crippen LogP) is 0.882.